The van der Waals surface area contributed by atoms with E-state index in [2.05, 4.69) is 49.4 Å². The number of carbonyl (C=O) groups excluding carboxylic acids is 1. The molecule has 0 unspecified atom stereocenters. The number of halogens is 1. The van der Waals surface area contributed by atoms with Gasteiger partial charge in [-0.05, 0) is 26.0 Å². The molecule has 10 heteroatoms. The van der Waals surface area contributed by atoms with E-state index in [1.807, 2.05) is 19.3 Å². The minimum Gasteiger partial charge on any atom is -0.352 e. The van der Waals surface area contributed by atoms with E-state index in [1.54, 1.807) is 29.3 Å². The molecule has 1 aliphatic heterocycles. The first-order valence-electron chi connectivity index (χ1n) is 10.4. The van der Waals surface area contributed by atoms with Gasteiger partial charge in [-0.3, -0.25) is 14.5 Å². The van der Waals surface area contributed by atoms with Crippen molar-refractivity contribution in [2.75, 3.05) is 23.3 Å². The van der Waals surface area contributed by atoms with Crippen molar-refractivity contribution in [1.82, 2.24) is 30.0 Å². The summed E-state index contributed by atoms with van der Waals surface area (Å²) in [7, 11) is 1.83. The van der Waals surface area contributed by atoms with Gasteiger partial charge in [0, 0.05) is 68.1 Å². The summed E-state index contributed by atoms with van der Waals surface area (Å²) in [6, 6.07) is 4.17. The van der Waals surface area contributed by atoms with Crippen molar-refractivity contribution in [2.45, 2.75) is 25.9 Å². The zero-order valence-electron chi connectivity index (χ0n) is 18.0. The number of nitrogens with zero attached hydrogens (tertiary/aromatic N) is 6. The first-order valence-corrected chi connectivity index (χ1v) is 10.8. The van der Waals surface area contributed by atoms with Gasteiger partial charge in [-0.2, -0.15) is 5.10 Å². The van der Waals surface area contributed by atoms with Gasteiger partial charge >= 0.3 is 0 Å². The minimum atomic E-state index is -0.323. The molecule has 5 rings (SSSR count). The number of nitrogens with one attached hydrogen (secondary N) is 2. The highest BCUT2D eigenvalue weighted by atomic mass is 35.5. The predicted octanol–water partition coefficient (Wildman–Crippen LogP) is 3.00. The molecule has 164 valence electrons. The van der Waals surface area contributed by atoms with Gasteiger partial charge in [0.15, 0.2) is 5.82 Å². The van der Waals surface area contributed by atoms with Crippen LogP contribution in [-0.4, -0.2) is 55.8 Å². The van der Waals surface area contributed by atoms with Crippen LogP contribution >= 0.6 is 11.6 Å². The molecule has 0 spiro atoms. The average Bonchev–Trinajstić information content (AvgIpc) is 3.13. The second-order valence-electron chi connectivity index (χ2n) is 8.28. The third-order valence-corrected chi connectivity index (χ3v) is 5.81. The number of piperazine rings is 1. The molecule has 0 saturated carbocycles. The van der Waals surface area contributed by atoms with Crippen LogP contribution in [0.5, 0.6) is 0 Å². The Hall–Kier alpha value is -3.30. The largest absolute Gasteiger partial charge is 0.352 e. The van der Waals surface area contributed by atoms with Gasteiger partial charge in [0.25, 0.3) is 5.91 Å². The lowest BCUT2D eigenvalue weighted by molar-refractivity contribution is 0.102. The zero-order chi connectivity index (χ0) is 22.4. The van der Waals surface area contributed by atoms with Crippen molar-refractivity contribution in [3.8, 4) is 0 Å². The van der Waals surface area contributed by atoms with Gasteiger partial charge in [-0.25, -0.2) is 9.97 Å². The van der Waals surface area contributed by atoms with Crippen LogP contribution in [-0.2, 0) is 7.05 Å². The number of rotatable bonds is 3. The van der Waals surface area contributed by atoms with Crippen molar-refractivity contribution >= 4 is 50.9 Å². The van der Waals surface area contributed by atoms with Crippen LogP contribution < -0.4 is 15.5 Å². The number of amides is 1. The highest BCUT2D eigenvalue weighted by molar-refractivity contribution is 6.35. The molecule has 4 aromatic rings. The van der Waals surface area contributed by atoms with Gasteiger partial charge in [0.1, 0.15) is 16.6 Å². The summed E-state index contributed by atoms with van der Waals surface area (Å²) in [5.74, 6) is 0.417. The molecule has 0 radical (unpaired) electrons. The molecule has 1 aromatic carbocycles. The maximum Gasteiger partial charge on any atom is 0.259 e. The molecule has 9 nitrogen and oxygen atoms in total. The number of anilines is 2. The predicted molar refractivity (Wildman–Crippen MR) is 125 cm³/mol. The van der Waals surface area contributed by atoms with Crippen LogP contribution in [0.2, 0.25) is 5.02 Å². The van der Waals surface area contributed by atoms with Crippen LogP contribution in [0.15, 0.2) is 36.9 Å². The Labute approximate surface area is 189 Å². The average molecular weight is 451 g/mol. The van der Waals surface area contributed by atoms with Crippen LogP contribution in [0.25, 0.3) is 21.9 Å². The van der Waals surface area contributed by atoms with Gasteiger partial charge in [-0.1, -0.05) is 11.6 Å². The van der Waals surface area contributed by atoms with Crippen LogP contribution in [0.1, 0.15) is 24.2 Å². The second kappa shape index (κ2) is 7.99. The fourth-order valence-electron chi connectivity index (χ4n) is 4.33. The molecule has 0 aliphatic carbocycles. The van der Waals surface area contributed by atoms with Crippen molar-refractivity contribution < 1.29 is 4.79 Å². The number of pyridine rings is 1. The van der Waals surface area contributed by atoms with Gasteiger partial charge in [0.2, 0.25) is 0 Å². The van der Waals surface area contributed by atoms with Gasteiger partial charge < -0.3 is 15.5 Å². The van der Waals surface area contributed by atoms with E-state index in [0.29, 0.717) is 44.9 Å². The Morgan fingerprint density at radius 1 is 1.09 bits per heavy atom. The number of hydrogen-bond donors (Lipinski definition) is 2. The second-order valence-corrected chi connectivity index (χ2v) is 8.68. The summed E-state index contributed by atoms with van der Waals surface area (Å²) in [6.07, 6.45) is 6.64. The molecular weight excluding hydrogens is 428 g/mol. The normalized spacial score (nSPS) is 18.9. The number of hydrogen-bond acceptors (Lipinski definition) is 7. The summed E-state index contributed by atoms with van der Waals surface area (Å²) in [5.41, 5.74) is 2.75. The standard InChI is InChI=1S/C22H23ClN8O/c1-12-9-31(10-13(2)27-12)21-20-19(24-4-5-25-20)16(8-26-21)22(32)28-15-6-14-11-30(3)29-18(14)17(23)7-15/h4-8,11-13,27H,9-10H2,1-3H3,(H,28,32)/t12-,13+. The van der Waals surface area contributed by atoms with Crippen molar-refractivity contribution in [3.05, 3.63) is 47.5 Å². The summed E-state index contributed by atoms with van der Waals surface area (Å²) in [5, 5.41) is 12.1. The lowest BCUT2D eigenvalue weighted by Gasteiger charge is -2.37. The van der Waals surface area contributed by atoms with Crippen LogP contribution in [0, 0.1) is 0 Å². The lowest BCUT2D eigenvalue weighted by atomic mass is 10.1. The van der Waals surface area contributed by atoms with E-state index in [-0.39, 0.29) is 5.91 Å². The van der Waals surface area contributed by atoms with Crippen LogP contribution in [0.3, 0.4) is 0 Å². The Bertz CT molecular complexity index is 1330. The van der Waals surface area contributed by atoms with E-state index in [4.69, 9.17) is 11.6 Å². The molecule has 32 heavy (non-hydrogen) atoms. The van der Waals surface area contributed by atoms with E-state index in [0.717, 1.165) is 24.3 Å². The maximum atomic E-state index is 13.2. The molecule has 2 atom stereocenters. The maximum absolute atomic E-state index is 13.2. The summed E-state index contributed by atoms with van der Waals surface area (Å²) >= 11 is 6.36. The van der Waals surface area contributed by atoms with E-state index < -0.39 is 0 Å². The van der Waals surface area contributed by atoms with Crippen molar-refractivity contribution in [3.63, 3.8) is 0 Å². The number of aryl methyl sites for hydroxylation is 1. The first kappa shape index (κ1) is 20.6. The zero-order valence-corrected chi connectivity index (χ0v) is 18.8. The molecule has 1 amide bonds. The molecule has 1 saturated heterocycles. The van der Waals surface area contributed by atoms with Crippen molar-refractivity contribution in [1.29, 1.82) is 0 Å². The third-order valence-electron chi connectivity index (χ3n) is 5.52. The highest BCUT2D eigenvalue weighted by Crippen LogP contribution is 2.29. The van der Waals surface area contributed by atoms with E-state index in [1.165, 1.54) is 0 Å². The smallest absolute Gasteiger partial charge is 0.259 e. The Kier molecular flexibility index (Phi) is 5.15. The number of aromatic nitrogens is 5. The first-order chi connectivity index (χ1) is 15.4. The van der Waals surface area contributed by atoms with E-state index in [9.17, 15) is 4.79 Å². The Morgan fingerprint density at radius 2 is 1.81 bits per heavy atom. The van der Waals surface area contributed by atoms with Crippen LogP contribution in [0.4, 0.5) is 11.5 Å². The fraction of sp³-hybridized carbons (Fsp3) is 0.318. The van der Waals surface area contributed by atoms with E-state index >= 15 is 0 Å². The molecule has 0 bridgehead atoms. The highest BCUT2D eigenvalue weighted by Gasteiger charge is 2.25. The minimum absolute atomic E-state index is 0.322. The summed E-state index contributed by atoms with van der Waals surface area (Å²) in [4.78, 5) is 29.0. The lowest BCUT2D eigenvalue weighted by Crippen LogP contribution is -2.54. The molecular formula is C22H23ClN8O. The fourth-order valence-corrected chi connectivity index (χ4v) is 4.59. The Balaban J connectivity index is 1.50. The number of benzene rings is 1. The topological polar surface area (TPSA) is 101 Å². The quantitative estimate of drug-likeness (QED) is 0.494. The monoisotopic (exact) mass is 450 g/mol. The third kappa shape index (κ3) is 3.74. The summed E-state index contributed by atoms with van der Waals surface area (Å²) < 4.78 is 1.69. The molecule has 2 N–H and O–H groups in total. The van der Waals surface area contributed by atoms with Gasteiger partial charge in [0.05, 0.1) is 10.6 Å². The number of carbonyl (C=O) groups is 1. The number of fused-ring (bicyclic) bond motifs is 2. The molecule has 3 aromatic heterocycles. The summed E-state index contributed by atoms with van der Waals surface area (Å²) in [6.45, 7) is 5.89. The SMILES string of the molecule is C[C@@H]1CN(c2ncc(C(=O)Nc3cc(Cl)c4nn(C)cc4c3)c3nccnc23)C[C@H](C)N1. The molecule has 1 aliphatic rings. The molecule has 1 fully saturated rings. The van der Waals surface area contributed by atoms with Gasteiger partial charge in [-0.15, -0.1) is 0 Å². The Morgan fingerprint density at radius 3 is 2.56 bits per heavy atom. The van der Waals surface area contributed by atoms with Crippen molar-refractivity contribution in [2.24, 2.45) is 7.05 Å². The molecule has 4 heterocycles.